The number of nitrogens with zero attached hydrogens (tertiary/aromatic N) is 3. The molecule has 0 amide bonds. The van der Waals surface area contributed by atoms with Gasteiger partial charge in [0.1, 0.15) is 10.7 Å². The van der Waals surface area contributed by atoms with Gasteiger partial charge in [0.2, 0.25) is 10.0 Å². The fourth-order valence-corrected chi connectivity index (χ4v) is 4.99. The highest BCUT2D eigenvalue weighted by molar-refractivity contribution is 7.89. The molecule has 1 saturated heterocycles. The number of anilines is 1. The zero-order chi connectivity index (χ0) is 19.8. The van der Waals surface area contributed by atoms with E-state index in [-0.39, 0.29) is 46.9 Å². The van der Waals surface area contributed by atoms with E-state index in [2.05, 4.69) is 4.98 Å². The second kappa shape index (κ2) is 7.46. The Morgan fingerprint density at radius 2 is 1.67 bits per heavy atom. The van der Waals surface area contributed by atoms with Gasteiger partial charge in [-0.2, -0.15) is 17.5 Å². The van der Waals surface area contributed by atoms with Gasteiger partial charge in [-0.3, -0.25) is 0 Å². The molecular formula is C16H14Cl2F3N3O2S. The van der Waals surface area contributed by atoms with E-state index in [0.29, 0.717) is 0 Å². The Kier molecular flexibility index (Phi) is 5.58. The molecule has 2 heterocycles. The Hall–Kier alpha value is -1.55. The normalized spacial score (nSPS) is 16.6. The van der Waals surface area contributed by atoms with Gasteiger partial charge in [0.25, 0.3) is 0 Å². The number of benzene rings is 1. The van der Waals surface area contributed by atoms with Crippen molar-refractivity contribution in [1.82, 2.24) is 9.29 Å². The van der Waals surface area contributed by atoms with Crippen molar-refractivity contribution in [2.24, 2.45) is 0 Å². The van der Waals surface area contributed by atoms with E-state index in [4.69, 9.17) is 23.2 Å². The van der Waals surface area contributed by atoms with Gasteiger partial charge in [0.05, 0.1) is 15.6 Å². The van der Waals surface area contributed by atoms with Gasteiger partial charge in [-0.25, -0.2) is 13.4 Å². The number of pyridine rings is 1. The van der Waals surface area contributed by atoms with Crippen molar-refractivity contribution in [3.05, 3.63) is 52.1 Å². The first-order valence-corrected chi connectivity index (χ1v) is 10.0. The maximum absolute atomic E-state index is 13.2. The van der Waals surface area contributed by atoms with Crippen LogP contribution in [0.4, 0.5) is 19.0 Å². The van der Waals surface area contributed by atoms with Crippen molar-refractivity contribution in [1.29, 1.82) is 0 Å². The highest BCUT2D eigenvalue weighted by Crippen LogP contribution is 2.36. The molecule has 2 aromatic rings. The number of halogens is 5. The SMILES string of the molecule is O=S(=O)(c1cccc(Cl)c1Cl)N1CCN(c2ncccc2C(F)(F)F)CC1. The van der Waals surface area contributed by atoms with Gasteiger partial charge in [0.15, 0.2) is 0 Å². The Morgan fingerprint density at radius 1 is 1.00 bits per heavy atom. The van der Waals surface area contributed by atoms with Crippen molar-refractivity contribution in [2.75, 3.05) is 31.1 Å². The predicted octanol–water partition coefficient (Wildman–Crippen LogP) is 3.92. The van der Waals surface area contributed by atoms with Crippen LogP contribution in [0.25, 0.3) is 0 Å². The van der Waals surface area contributed by atoms with E-state index in [0.717, 1.165) is 6.07 Å². The van der Waals surface area contributed by atoms with Gasteiger partial charge in [-0.15, -0.1) is 0 Å². The van der Waals surface area contributed by atoms with E-state index in [1.165, 1.54) is 39.7 Å². The molecule has 0 spiro atoms. The molecule has 3 rings (SSSR count). The van der Waals surface area contributed by atoms with Crippen LogP contribution >= 0.6 is 23.2 Å². The first-order valence-electron chi connectivity index (χ1n) is 7.83. The highest BCUT2D eigenvalue weighted by Gasteiger charge is 2.37. The molecule has 0 atom stereocenters. The van der Waals surface area contributed by atoms with Gasteiger partial charge >= 0.3 is 6.18 Å². The number of alkyl halides is 3. The van der Waals surface area contributed by atoms with Gasteiger partial charge in [-0.1, -0.05) is 29.3 Å². The molecule has 0 N–H and O–H groups in total. The average Bonchev–Trinajstić information content (AvgIpc) is 2.63. The monoisotopic (exact) mass is 439 g/mol. The van der Waals surface area contributed by atoms with Crippen LogP contribution in [0.5, 0.6) is 0 Å². The van der Waals surface area contributed by atoms with Crippen LogP contribution in [-0.2, 0) is 16.2 Å². The first kappa shape index (κ1) is 20.2. The van der Waals surface area contributed by atoms with Crippen LogP contribution in [0, 0.1) is 0 Å². The molecule has 0 unspecified atom stereocenters. The third-order valence-electron chi connectivity index (χ3n) is 4.16. The number of hydrogen-bond acceptors (Lipinski definition) is 4. The molecular weight excluding hydrogens is 426 g/mol. The maximum atomic E-state index is 13.2. The van der Waals surface area contributed by atoms with E-state index >= 15 is 0 Å². The molecule has 5 nitrogen and oxygen atoms in total. The lowest BCUT2D eigenvalue weighted by atomic mass is 10.2. The topological polar surface area (TPSA) is 53.5 Å². The second-order valence-electron chi connectivity index (χ2n) is 5.82. The van der Waals surface area contributed by atoms with Crippen molar-refractivity contribution >= 4 is 39.0 Å². The molecule has 1 aliphatic heterocycles. The van der Waals surface area contributed by atoms with Crippen LogP contribution in [0.1, 0.15) is 5.56 Å². The van der Waals surface area contributed by atoms with Crippen molar-refractivity contribution in [3.8, 4) is 0 Å². The largest absolute Gasteiger partial charge is 0.419 e. The quantitative estimate of drug-likeness (QED) is 0.727. The summed E-state index contributed by atoms with van der Waals surface area (Å²) in [5.74, 6) is -0.206. The molecule has 1 aromatic heterocycles. The number of rotatable bonds is 3. The predicted molar refractivity (Wildman–Crippen MR) is 96.7 cm³/mol. The Bertz CT molecular complexity index is 946. The minimum absolute atomic E-state index is 0.000945. The summed E-state index contributed by atoms with van der Waals surface area (Å²) in [5, 5.41) is 0.0327. The molecule has 0 bridgehead atoms. The maximum Gasteiger partial charge on any atom is 0.419 e. The second-order valence-corrected chi connectivity index (χ2v) is 8.51. The molecule has 0 saturated carbocycles. The number of sulfonamides is 1. The molecule has 146 valence electrons. The fourth-order valence-electron chi connectivity index (χ4n) is 2.83. The van der Waals surface area contributed by atoms with Crippen molar-refractivity contribution in [2.45, 2.75) is 11.1 Å². The summed E-state index contributed by atoms with van der Waals surface area (Å²) in [7, 11) is -3.91. The van der Waals surface area contributed by atoms with Crippen LogP contribution in [0.3, 0.4) is 0 Å². The summed E-state index contributed by atoms with van der Waals surface area (Å²) >= 11 is 11.9. The molecule has 1 fully saturated rings. The van der Waals surface area contributed by atoms with Gasteiger partial charge in [0, 0.05) is 32.4 Å². The van der Waals surface area contributed by atoms with E-state index in [9.17, 15) is 21.6 Å². The Balaban J connectivity index is 1.81. The van der Waals surface area contributed by atoms with Crippen LogP contribution in [0.15, 0.2) is 41.4 Å². The minimum atomic E-state index is -4.54. The number of piperazine rings is 1. The van der Waals surface area contributed by atoms with E-state index in [1.807, 2.05) is 0 Å². The van der Waals surface area contributed by atoms with Crippen molar-refractivity contribution < 1.29 is 21.6 Å². The third kappa shape index (κ3) is 4.01. The summed E-state index contributed by atoms with van der Waals surface area (Å²) in [6.45, 7) is 0.132. The Morgan fingerprint density at radius 3 is 2.30 bits per heavy atom. The molecule has 1 aromatic carbocycles. The summed E-state index contributed by atoms with van der Waals surface area (Å²) in [6, 6.07) is 6.46. The van der Waals surface area contributed by atoms with E-state index < -0.39 is 21.8 Å². The van der Waals surface area contributed by atoms with Crippen LogP contribution in [-0.4, -0.2) is 43.9 Å². The van der Waals surface area contributed by atoms with Gasteiger partial charge < -0.3 is 4.90 Å². The summed E-state index contributed by atoms with van der Waals surface area (Å²) in [5.41, 5.74) is -0.848. The first-order chi connectivity index (χ1) is 12.6. The van der Waals surface area contributed by atoms with Gasteiger partial charge in [-0.05, 0) is 24.3 Å². The molecule has 0 radical (unpaired) electrons. The molecule has 27 heavy (non-hydrogen) atoms. The lowest BCUT2D eigenvalue weighted by Gasteiger charge is -2.35. The molecule has 0 aliphatic carbocycles. The third-order valence-corrected chi connectivity index (χ3v) is 7.04. The Labute approximate surface area is 164 Å². The zero-order valence-corrected chi connectivity index (χ0v) is 16.1. The minimum Gasteiger partial charge on any atom is -0.353 e. The summed E-state index contributed by atoms with van der Waals surface area (Å²) in [6.07, 6.45) is -3.26. The standard InChI is InChI=1S/C16H14Cl2F3N3O2S/c17-12-4-1-5-13(14(12)18)27(25,26)24-9-7-23(8-10-24)15-11(16(19,20)21)3-2-6-22-15/h1-6H,7-10H2. The lowest BCUT2D eigenvalue weighted by Crippen LogP contribution is -2.49. The van der Waals surface area contributed by atoms with Crippen LogP contribution in [0.2, 0.25) is 10.0 Å². The van der Waals surface area contributed by atoms with Crippen molar-refractivity contribution in [3.63, 3.8) is 0 Å². The van der Waals surface area contributed by atoms with Crippen LogP contribution < -0.4 is 4.90 Å². The zero-order valence-electron chi connectivity index (χ0n) is 13.7. The molecule has 11 heteroatoms. The fraction of sp³-hybridized carbons (Fsp3) is 0.312. The summed E-state index contributed by atoms with van der Waals surface area (Å²) in [4.78, 5) is 5.14. The lowest BCUT2D eigenvalue weighted by molar-refractivity contribution is -0.137. The van der Waals surface area contributed by atoms with E-state index in [1.54, 1.807) is 0 Å². The summed E-state index contributed by atoms with van der Waals surface area (Å²) < 4.78 is 66.3. The smallest absolute Gasteiger partial charge is 0.353 e. The molecule has 1 aliphatic rings. The number of hydrogen-bond donors (Lipinski definition) is 0. The number of aromatic nitrogens is 1. The highest BCUT2D eigenvalue weighted by atomic mass is 35.5. The average molecular weight is 440 g/mol.